The number of nitrogens with zero attached hydrogens (tertiary/aromatic N) is 2. The lowest BCUT2D eigenvalue weighted by atomic mass is 10.1. The van der Waals surface area contributed by atoms with E-state index in [2.05, 4.69) is 4.98 Å². The Bertz CT molecular complexity index is 323. The van der Waals surface area contributed by atoms with Crippen molar-refractivity contribution in [3.05, 3.63) is 24.1 Å². The maximum absolute atomic E-state index is 12.6. The van der Waals surface area contributed by atoms with Gasteiger partial charge in [-0.25, -0.2) is 9.37 Å². The average molecular weight is 196 g/mol. The summed E-state index contributed by atoms with van der Waals surface area (Å²) in [5.41, 5.74) is -0.643. The topological polar surface area (TPSA) is 36.4 Å². The summed E-state index contributed by atoms with van der Waals surface area (Å²) < 4.78 is 12.6. The second-order valence-corrected chi connectivity index (χ2v) is 4.00. The lowest BCUT2D eigenvalue weighted by Gasteiger charge is -2.19. The first-order valence-electron chi connectivity index (χ1n) is 4.66. The predicted molar refractivity (Wildman–Crippen MR) is 51.6 cm³/mol. The first-order chi connectivity index (χ1) is 6.57. The Kier molecular flexibility index (Phi) is 2.15. The van der Waals surface area contributed by atoms with E-state index in [4.69, 9.17) is 0 Å². The quantitative estimate of drug-likeness (QED) is 0.732. The van der Waals surface area contributed by atoms with E-state index in [1.165, 1.54) is 12.3 Å². The number of rotatable bonds is 1. The van der Waals surface area contributed by atoms with Crippen LogP contribution in [0.2, 0.25) is 0 Å². The van der Waals surface area contributed by atoms with E-state index < -0.39 is 5.60 Å². The molecule has 1 aromatic rings. The van der Waals surface area contributed by atoms with Crippen molar-refractivity contribution in [2.45, 2.75) is 18.9 Å². The predicted octanol–water partition coefficient (Wildman–Crippen LogP) is 1.18. The smallest absolute Gasteiger partial charge is 0.141 e. The van der Waals surface area contributed by atoms with E-state index in [1.54, 1.807) is 13.0 Å². The summed E-state index contributed by atoms with van der Waals surface area (Å²) >= 11 is 0. The second-order valence-electron chi connectivity index (χ2n) is 4.00. The van der Waals surface area contributed by atoms with Crippen molar-refractivity contribution in [2.75, 3.05) is 18.0 Å². The van der Waals surface area contributed by atoms with Crippen LogP contribution in [0.25, 0.3) is 0 Å². The van der Waals surface area contributed by atoms with Gasteiger partial charge in [0.2, 0.25) is 0 Å². The normalized spacial score (nSPS) is 26.9. The monoisotopic (exact) mass is 196 g/mol. The number of hydrogen-bond donors (Lipinski definition) is 1. The number of hydrogen-bond acceptors (Lipinski definition) is 3. The van der Waals surface area contributed by atoms with Crippen molar-refractivity contribution in [2.24, 2.45) is 0 Å². The van der Waals surface area contributed by atoms with Gasteiger partial charge in [-0.2, -0.15) is 0 Å². The lowest BCUT2D eigenvalue weighted by molar-refractivity contribution is 0.0839. The van der Waals surface area contributed by atoms with Gasteiger partial charge in [-0.15, -0.1) is 0 Å². The van der Waals surface area contributed by atoms with Crippen LogP contribution in [0.15, 0.2) is 18.3 Å². The van der Waals surface area contributed by atoms with Gasteiger partial charge < -0.3 is 10.0 Å². The third-order valence-electron chi connectivity index (χ3n) is 2.49. The summed E-state index contributed by atoms with van der Waals surface area (Å²) in [6, 6.07) is 3.02. The largest absolute Gasteiger partial charge is 0.388 e. The summed E-state index contributed by atoms with van der Waals surface area (Å²) in [5.74, 6) is 0.392. The highest BCUT2D eigenvalue weighted by Crippen LogP contribution is 2.24. The van der Waals surface area contributed by atoms with Crippen LogP contribution in [0.5, 0.6) is 0 Å². The third kappa shape index (κ3) is 1.85. The van der Waals surface area contributed by atoms with E-state index in [-0.39, 0.29) is 5.82 Å². The highest BCUT2D eigenvalue weighted by atomic mass is 19.1. The molecule has 1 unspecified atom stereocenters. The van der Waals surface area contributed by atoms with Gasteiger partial charge in [0.25, 0.3) is 0 Å². The molecule has 1 fully saturated rings. The van der Waals surface area contributed by atoms with Crippen LogP contribution in [0.4, 0.5) is 10.2 Å². The van der Waals surface area contributed by atoms with Crippen LogP contribution in [-0.4, -0.2) is 28.8 Å². The molecule has 0 saturated carbocycles. The van der Waals surface area contributed by atoms with E-state index in [0.29, 0.717) is 6.54 Å². The molecule has 0 radical (unpaired) electrons. The van der Waals surface area contributed by atoms with Gasteiger partial charge in [-0.05, 0) is 25.5 Å². The minimum absolute atomic E-state index is 0.334. The first-order valence-corrected chi connectivity index (χ1v) is 4.66. The number of aliphatic hydroxyl groups is 1. The molecule has 0 bridgehead atoms. The van der Waals surface area contributed by atoms with Gasteiger partial charge in [0.15, 0.2) is 0 Å². The molecule has 1 N–H and O–H groups in total. The van der Waals surface area contributed by atoms with Crippen LogP contribution in [0.3, 0.4) is 0 Å². The fraction of sp³-hybridized carbons (Fsp3) is 0.500. The van der Waals surface area contributed by atoms with Gasteiger partial charge in [-0.3, -0.25) is 0 Å². The molecule has 1 atom stereocenters. The third-order valence-corrected chi connectivity index (χ3v) is 2.49. The first kappa shape index (κ1) is 9.40. The van der Waals surface area contributed by atoms with Gasteiger partial charge in [0.1, 0.15) is 11.6 Å². The molecule has 1 aliphatic rings. The van der Waals surface area contributed by atoms with E-state index in [9.17, 15) is 9.50 Å². The SMILES string of the molecule is CC1(O)CCN(c2ccc(F)cn2)C1. The highest BCUT2D eigenvalue weighted by Gasteiger charge is 2.31. The molecule has 76 valence electrons. The Morgan fingerprint density at radius 1 is 1.57 bits per heavy atom. The molecule has 0 amide bonds. The van der Waals surface area contributed by atoms with Crippen LogP contribution >= 0.6 is 0 Å². The number of anilines is 1. The fourth-order valence-corrected chi connectivity index (χ4v) is 1.70. The van der Waals surface area contributed by atoms with Crippen molar-refractivity contribution < 1.29 is 9.50 Å². The molecule has 0 aromatic carbocycles. The Labute approximate surface area is 82.2 Å². The van der Waals surface area contributed by atoms with Crippen LogP contribution in [-0.2, 0) is 0 Å². The van der Waals surface area contributed by atoms with E-state index in [1.807, 2.05) is 4.90 Å². The standard InChI is InChI=1S/C10H13FN2O/c1-10(14)4-5-13(7-10)9-3-2-8(11)6-12-9/h2-3,6,14H,4-5,7H2,1H3. The average Bonchev–Trinajstić information content (AvgIpc) is 2.47. The fourth-order valence-electron chi connectivity index (χ4n) is 1.70. The minimum atomic E-state index is -0.643. The van der Waals surface area contributed by atoms with Crippen LogP contribution in [0, 0.1) is 5.82 Å². The molecule has 14 heavy (non-hydrogen) atoms. The molecule has 1 saturated heterocycles. The molecule has 0 aliphatic carbocycles. The van der Waals surface area contributed by atoms with Crippen LogP contribution < -0.4 is 4.90 Å². The summed E-state index contributed by atoms with van der Waals surface area (Å²) in [6.07, 6.45) is 1.93. The van der Waals surface area contributed by atoms with Crippen molar-refractivity contribution in [3.8, 4) is 0 Å². The maximum atomic E-state index is 12.6. The summed E-state index contributed by atoms with van der Waals surface area (Å²) in [7, 11) is 0. The zero-order chi connectivity index (χ0) is 10.2. The van der Waals surface area contributed by atoms with E-state index >= 15 is 0 Å². The van der Waals surface area contributed by atoms with Gasteiger partial charge >= 0.3 is 0 Å². The summed E-state index contributed by atoms with van der Waals surface area (Å²) in [6.45, 7) is 3.13. The molecule has 1 aliphatic heterocycles. The zero-order valence-corrected chi connectivity index (χ0v) is 8.07. The molecule has 3 nitrogen and oxygen atoms in total. The van der Waals surface area contributed by atoms with Crippen molar-refractivity contribution in [1.29, 1.82) is 0 Å². The molecule has 2 heterocycles. The summed E-state index contributed by atoms with van der Waals surface area (Å²) in [4.78, 5) is 5.92. The number of β-amino-alcohol motifs (C(OH)–C–C–N with tert-alkyl or cyclic N) is 1. The number of aromatic nitrogens is 1. The highest BCUT2D eigenvalue weighted by molar-refractivity contribution is 5.40. The van der Waals surface area contributed by atoms with Crippen molar-refractivity contribution in [1.82, 2.24) is 4.98 Å². The maximum Gasteiger partial charge on any atom is 0.141 e. The van der Waals surface area contributed by atoms with Crippen molar-refractivity contribution >= 4 is 5.82 Å². The van der Waals surface area contributed by atoms with Gasteiger partial charge in [-0.1, -0.05) is 0 Å². The van der Waals surface area contributed by atoms with Crippen molar-refractivity contribution in [3.63, 3.8) is 0 Å². The molecule has 4 heteroatoms. The lowest BCUT2D eigenvalue weighted by Crippen LogP contribution is -2.29. The molecule has 0 spiro atoms. The molecular weight excluding hydrogens is 183 g/mol. The molecular formula is C10H13FN2O. The summed E-state index contributed by atoms with van der Waals surface area (Å²) in [5, 5.41) is 9.74. The Morgan fingerprint density at radius 2 is 2.36 bits per heavy atom. The molecule has 1 aromatic heterocycles. The van der Waals surface area contributed by atoms with E-state index in [0.717, 1.165) is 18.8 Å². The Balaban J connectivity index is 2.14. The number of pyridine rings is 1. The van der Waals surface area contributed by atoms with Gasteiger partial charge in [0.05, 0.1) is 11.8 Å². The zero-order valence-electron chi connectivity index (χ0n) is 8.07. The minimum Gasteiger partial charge on any atom is -0.388 e. The Morgan fingerprint density at radius 3 is 2.86 bits per heavy atom. The Hall–Kier alpha value is -1.16. The van der Waals surface area contributed by atoms with Crippen LogP contribution in [0.1, 0.15) is 13.3 Å². The number of halogens is 1. The molecule has 2 rings (SSSR count). The van der Waals surface area contributed by atoms with Gasteiger partial charge in [0, 0.05) is 13.1 Å². The second kappa shape index (κ2) is 3.20.